The Hall–Kier alpha value is -3.92. The number of rotatable bonds is 9. The maximum atomic E-state index is 13.7. The normalized spacial score (nSPS) is 13.2. The summed E-state index contributed by atoms with van der Waals surface area (Å²) in [6, 6.07) is 15.6. The molecule has 1 aliphatic rings. The van der Waals surface area contributed by atoms with Gasteiger partial charge in [-0.1, -0.05) is 67.0 Å². The van der Waals surface area contributed by atoms with Gasteiger partial charge in [-0.05, 0) is 30.0 Å². The molecular weight excluding hydrogens is 514 g/mol. The molecule has 9 nitrogen and oxygen atoms in total. The molecule has 0 radical (unpaired) electrons. The van der Waals surface area contributed by atoms with Crippen LogP contribution in [0.25, 0.3) is 22.5 Å². The summed E-state index contributed by atoms with van der Waals surface area (Å²) in [6.45, 7) is 5.03. The molecule has 4 aromatic rings. The van der Waals surface area contributed by atoms with E-state index < -0.39 is 5.76 Å². The number of aryl methyl sites for hydroxylation is 2. The predicted molar refractivity (Wildman–Crippen MR) is 152 cm³/mol. The maximum Gasteiger partial charge on any atom is 0.439 e. The highest BCUT2D eigenvalue weighted by Crippen LogP contribution is 2.30. The Morgan fingerprint density at radius 3 is 2.54 bits per heavy atom. The third kappa shape index (κ3) is 5.90. The fourth-order valence-corrected chi connectivity index (χ4v) is 5.75. The van der Waals surface area contributed by atoms with Crippen LogP contribution >= 0.6 is 11.8 Å². The van der Waals surface area contributed by atoms with Crippen molar-refractivity contribution in [2.24, 2.45) is 0 Å². The number of unbranched alkanes of at least 4 members (excludes halogenated alkanes) is 1. The lowest BCUT2D eigenvalue weighted by atomic mass is 9.98. The van der Waals surface area contributed by atoms with Crippen LogP contribution in [0.3, 0.4) is 0 Å². The summed E-state index contributed by atoms with van der Waals surface area (Å²) in [5.41, 5.74) is 4.51. The van der Waals surface area contributed by atoms with Crippen molar-refractivity contribution in [3.05, 3.63) is 92.1 Å². The number of thioether (sulfide) groups is 1. The topological polar surface area (TPSA) is 114 Å². The third-order valence-corrected chi connectivity index (χ3v) is 7.93. The number of aromatic amines is 1. The van der Waals surface area contributed by atoms with Gasteiger partial charge in [0.25, 0.3) is 5.56 Å². The van der Waals surface area contributed by atoms with E-state index in [2.05, 4.69) is 17.1 Å². The van der Waals surface area contributed by atoms with Gasteiger partial charge in [-0.2, -0.15) is 0 Å². The maximum absolute atomic E-state index is 13.7. The average molecular weight is 546 g/mol. The molecule has 0 atom stereocenters. The molecule has 39 heavy (non-hydrogen) atoms. The van der Waals surface area contributed by atoms with Gasteiger partial charge >= 0.3 is 5.76 Å². The second kappa shape index (κ2) is 11.9. The van der Waals surface area contributed by atoms with E-state index in [1.165, 1.54) is 0 Å². The summed E-state index contributed by atoms with van der Waals surface area (Å²) < 4.78 is 6.42. The molecule has 2 aromatic heterocycles. The fourth-order valence-electron chi connectivity index (χ4n) is 4.78. The lowest BCUT2D eigenvalue weighted by molar-refractivity contribution is -0.129. The largest absolute Gasteiger partial charge is 0.439 e. The van der Waals surface area contributed by atoms with Gasteiger partial charge in [0, 0.05) is 35.5 Å². The lowest BCUT2D eigenvalue weighted by Crippen LogP contribution is -2.35. The van der Waals surface area contributed by atoms with Gasteiger partial charge in [-0.3, -0.25) is 23.7 Å². The van der Waals surface area contributed by atoms with E-state index in [0.717, 1.165) is 53.2 Å². The van der Waals surface area contributed by atoms with Gasteiger partial charge in [0.15, 0.2) is 5.82 Å². The minimum atomic E-state index is -0.605. The van der Waals surface area contributed by atoms with E-state index in [4.69, 9.17) is 9.51 Å². The third-order valence-electron chi connectivity index (χ3n) is 6.96. The monoisotopic (exact) mass is 545 g/mol. The number of carbonyl (C=O) groups excluding carboxylic acids is 1. The number of benzene rings is 2. The van der Waals surface area contributed by atoms with Crippen molar-refractivity contribution in [3.8, 4) is 22.5 Å². The van der Waals surface area contributed by atoms with Crippen molar-refractivity contribution in [2.45, 2.75) is 46.1 Å². The summed E-state index contributed by atoms with van der Waals surface area (Å²) in [5, 5.41) is 3.83. The highest BCUT2D eigenvalue weighted by atomic mass is 32.2. The summed E-state index contributed by atoms with van der Waals surface area (Å²) >= 11 is 1.73. The first-order valence-electron chi connectivity index (χ1n) is 13.1. The van der Waals surface area contributed by atoms with Crippen LogP contribution in [0.2, 0.25) is 0 Å². The number of nitrogens with one attached hydrogen (secondary N) is 1. The lowest BCUT2D eigenvalue weighted by Gasteiger charge is -2.18. The van der Waals surface area contributed by atoms with Crippen LogP contribution in [-0.2, 0) is 24.2 Å². The van der Waals surface area contributed by atoms with Crippen molar-refractivity contribution in [3.63, 3.8) is 0 Å². The highest BCUT2D eigenvalue weighted by molar-refractivity contribution is 7.99. The van der Waals surface area contributed by atoms with Crippen molar-refractivity contribution in [1.82, 2.24) is 24.6 Å². The van der Waals surface area contributed by atoms with E-state index in [-0.39, 0.29) is 17.9 Å². The van der Waals surface area contributed by atoms with Crippen LogP contribution in [0.4, 0.5) is 0 Å². The second-order valence-electron chi connectivity index (χ2n) is 9.64. The van der Waals surface area contributed by atoms with Crippen molar-refractivity contribution in [1.29, 1.82) is 0 Å². The molecule has 1 aliphatic heterocycles. The standard InChI is InChI=1S/C29H31N5O4S/c1-3-4-9-25-30-19(2)24(16-26(35)33-14-15-39-18-33)28(36)34(25)17-20-10-12-21(13-11-20)22-7-5-6-8-23(22)27-31-29(37)38-32-27/h5-8,10-13H,3-4,9,14-18H2,1-2H3,(H,31,32,37). The average Bonchev–Trinajstić information content (AvgIpc) is 3.64. The molecule has 1 N–H and O–H groups in total. The van der Waals surface area contributed by atoms with Crippen LogP contribution in [0, 0.1) is 6.92 Å². The fraction of sp³-hybridized carbons (Fsp3) is 0.345. The molecule has 1 amide bonds. The first-order valence-corrected chi connectivity index (χ1v) is 14.3. The molecule has 0 saturated carbocycles. The van der Waals surface area contributed by atoms with Gasteiger partial charge in [0.1, 0.15) is 5.82 Å². The summed E-state index contributed by atoms with van der Waals surface area (Å²) in [6.07, 6.45) is 2.69. The number of amides is 1. The Kier molecular flexibility index (Phi) is 8.11. The zero-order valence-electron chi connectivity index (χ0n) is 22.1. The molecule has 3 heterocycles. The van der Waals surface area contributed by atoms with Crippen LogP contribution in [-0.4, -0.2) is 48.7 Å². The van der Waals surface area contributed by atoms with Crippen molar-refractivity contribution < 1.29 is 9.32 Å². The van der Waals surface area contributed by atoms with Crippen LogP contribution < -0.4 is 11.3 Å². The molecule has 0 aliphatic carbocycles. The zero-order valence-corrected chi connectivity index (χ0v) is 22.9. The number of carbonyl (C=O) groups is 1. The Labute approximate surface area is 230 Å². The first-order chi connectivity index (χ1) is 18.9. The van der Waals surface area contributed by atoms with Crippen LogP contribution in [0.5, 0.6) is 0 Å². The number of nitrogens with zero attached hydrogens (tertiary/aromatic N) is 4. The molecule has 2 aromatic carbocycles. The Bertz CT molecular complexity index is 1580. The Morgan fingerprint density at radius 2 is 1.87 bits per heavy atom. The molecule has 0 unspecified atom stereocenters. The van der Waals surface area contributed by atoms with Gasteiger partial charge in [-0.15, -0.1) is 11.8 Å². The smallest absolute Gasteiger partial charge is 0.332 e. The van der Waals surface area contributed by atoms with E-state index in [0.29, 0.717) is 35.9 Å². The molecule has 0 spiro atoms. The van der Waals surface area contributed by atoms with Crippen LogP contribution in [0.15, 0.2) is 62.6 Å². The van der Waals surface area contributed by atoms with E-state index >= 15 is 0 Å². The molecule has 1 fully saturated rings. The van der Waals surface area contributed by atoms with Gasteiger partial charge in [0.2, 0.25) is 5.91 Å². The minimum Gasteiger partial charge on any atom is -0.332 e. The zero-order chi connectivity index (χ0) is 27.4. The Morgan fingerprint density at radius 1 is 1.10 bits per heavy atom. The highest BCUT2D eigenvalue weighted by Gasteiger charge is 2.23. The quantitative estimate of drug-likeness (QED) is 0.338. The number of H-pyrrole nitrogens is 1. The van der Waals surface area contributed by atoms with E-state index in [1.807, 2.05) is 60.4 Å². The molecule has 10 heteroatoms. The molecule has 1 saturated heterocycles. The Balaban J connectivity index is 1.45. The van der Waals surface area contributed by atoms with E-state index in [9.17, 15) is 14.4 Å². The molecule has 0 bridgehead atoms. The van der Waals surface area contributed by atoms with Crippen LogP contribution in [0.1, 0.15) is 42.4 Å². The summed E-state index contributed by atoms with van der Waals surface area (Å²) in [7, 11) is 0. The number of aromatic nitrogens is 4. The predicted octanol–water partition coefficient (Wildman–Crippen LogP) is 4.03. The van der Waals surface area contributed by atoms with Gasteiger partial charge < -0.3 is 4.90 Å². The van der Waals surface area contributed by atoms with Crippen molar-refractivity contribution >= 4 is 17.7 Å². The first kappa shape index (κ1) is 26.7. The van der Waals surface area contributed by atoms with Gasteiger partial charge in [-0.25, -0.2) is 9.78 Å². The summed E-state index contributed by atoms with van der Waals surface area (Å²) in [4.78, 5) is 47.3. The molecule has 202 valence electrons. The summed E-state index contributed by atoms with van der Waals surface area (Å²) in [5.74, 6) is 2.10. The minimum absolute atomic E-state index is 0.0219. The van der Waals surface area contributed by atoms with Crippen molar-refractivity contribution in [2.75, 3.05) is 18.2 Å². The number of hydrogen-bond acceptors (Lipinski definition) is 7. The van der Waals surface area contributed by atoms with Gasteiger partial charge in [0.05, 0.1) is 18.8 Å². The molecule has 5 rings (SSSR count). The second-order valence-corrected chi connectivity index (χ2v) is 10.7. The SMILES string of the molecule is CCCCc1nc(C)c(CC(=O)N2CCSC2)c(=O)n1Cc1ccc(-c2ccccc2-c2noc(=O)[nH]2)cc1. The molecular formula is C29H31N5O4S. The van der Waals surface area contributed by atoms with E-state index in [1.54, 1.807) is 16.3 Å². The number of hydrogen-bond donors (Lipinski definition) is 1.